The standard InChI is InChI=1S/C19H21N5O4/c25-11-17-16(24-19(27)13-3-6-20-7-4-13)2-1-15(28-17)9-18(26)22-10-14-5-8-21-12-23-14/h1-8,12,15-17,25H,9-11H2,(H,22,26)(H,24,27)/t15-,16+,17-/m0/s1. The Morgan fingerprint density at radius 3 is 2.61 bits per heavy atom. The van der Waals surface area contributed by atoms with Crippen LogP contribution in [0, 0.1) is 0 Å². The number of rotatable bonds is 7. The van der Waals surface area contributed by atoms with Gasteiger partial charge in [0.15, 0.2) is 0 Å². The van der Waals surface area contributed by atoms with E-state index in [9.17, 15) is 14.7 Å². The Labute approximate surface area is 161 Å². The number of pyridine rings is 1. The van der Waals surface area contributed by atoms with Gasteiger partial charge in [0.2, 0.25) is 5.91 Å². The summed E-state index contributed by atoms with van der Waals surface area (Å²) in [6, 6.07) is 4.42. The normalized spacial score (nSPS) is 21.1. The lowest BCUT2D eigenvalue weighted by atomic mass is 10.0. The van der Waals surface area contributed by atoms with E-state index in [2.05, 4.69) is 25.6 Å². The molecule has 0 aliphatic carbocycles. The summed E-state index contributed by atoms with van der Waals surface area (Å²) in [6.07, 6.45) is 8.51. The number of hydrogen-bond donors (Lipinski definition) is 3. The molecule has 3 N–H and O–H groups in total. The fraction of sp³-hybridized carbons (Fsp3) is 0.316. The molecule has 1 aliphatic rings. The van der Waals surface area contributed by atoms with Crippen LogP contribution in [0.1, 0.15) is 22.5 Å². The molecule has 3 rings (SSSR count). The molecule has 28 heavy (non-hydrogen) atoms. The van der Waals surface area contributed by atoms with Gasteiger partial charge in [-0.1, -0.05) is 12.2 Å². The first-order valence-electron chi connectivity index (χ1n) is 8.83. The Morgan fingerprint density at radius 1 is 1.11 bits per heavy atom. The molecule has 3 atom stereocenters. The lowest BCUT2D eigenvalue weighted by molar-refractivity contribution is -0.125. The van der Waals surface area contributed by atoms with Gasteiger partial charge in [-0.15, -0.1) is 0 Å². The molecule has 0 spiro atoms. The second-order valence-electron chi connectivity index (χ2n) is 6.20. The maximum atomic E-state index is 12.3. The maximum Gasteiger partial charge on any atom is 0.251 e. The van der Waals surface area contributed by atoms with Gasteiger partial charge in [0.1, 0.15) is 12.4 Å². The Morgan fingerprint density at radius 2 is 1.89 bits per heavy atom. The number of carbonyl (C=O) groups excluding carboxylic acids is 2. The predicted octanol–water partition coefficient (Wildman–Crippen LogP) is -0.00760. The van der Waals surface area contributed by atoms with Crippen LogP contribution in [0.25, 0.3) is 0 Å². The SMILES string of the molecule is O=C(C[C@@H]1C=C[C@@H](NC(=O)c2ccncc2)[C@H](CO)O1)NCc1ccncn1. The molecule has 0 saturated heterocycles. The molecule has 1 aliphatic heterocycles. The summed E-state index contributed by atoms with van der Waals surface area (Å²) in [5.74, 6) is -0.496. The van der Waals surface area contributed by atoms with Gasteiger partial charge in [0.25, 0.3) is 5.91 Å². The Bertz CT molecular complexity index is 816. The molecule has 0 radical (unpaired) electrons. The molecule has 9 heteroatoms. The highest BCUT2D eigenvalue weighted by atomic mass is 16.5. The molecule has 3 heterocycles. The lowest BCUT2D eigenvalue weighted by Crippen LogP contribution is -2.49. The van der Waals surface area contributed by atoms with Gasteiger partial charge in [0.05, 0.1) is 37.4 Å². The molecule has 0 unspecified atom stereocenters. The number of aliphatic hydroxyl groups excluding tert-OH is 1. The van der Waals surface area contributed by atoms with Crippen LogP contribution < -0.4 is 10.6 Å². The molecule has 0 bridgehead atoms. The molecule has 2 aromatic rings. The number of carbonyl (C=O) groups is 2. The van der Waals surface area contributed by atoms with Crippen molar-refractivity contribution in [3.05, 3.63) is 66.5 Å². The van der Waals surface area contributed by atoms with Crippen molar-refractivity contribution in [2.75, 3.05) is 6.61 Å². The van der Waals surface area contributed by atoms with E-state index in [1.165, 1.54) is 18.7 Å². The van der Waals surface area contributed by atoms with Crippen LogP contribution in [0.15, 0.2) is 55.3 Å². The van der Waals surface area contributed by atoms with Gasteiger partial charge in [-0.2, -0.15) is 0 Å². The summed E-state index contributed by atoms with van der Waals surface area (Å²) < 4.78 is 5.76. The molecule has 9 nitrogen and oxygen atoms in total. The van der Waals surface area contributed by atoms with Crippen molar-refractivity contribution in [3.63, 3.8) is 0 Å². The average molecular weight is 383 g/mol. The van der Waals surface area contributed by atoms with Crippen LogP contribution >= 0.6 is 0 Å². The van der Waals surface area contributed by atoms with Crippen molar-refractivity contribution in [2.45, 2.75) is 31.2 Å². The van der Waals surface area contributed by atoms with E-state index in [0.717, 1.165) is 0 Å². The smallest absolute Gasteiger partial charge is 0.251 e. The van der Waals surface area contributed by atoms with Crippen molar-refractivity contribution in [2.24, 2.45) is 0 Å². The monoisotopic (exact) mass is 383 g/mol. The van der Waals surface area contributed by atoms with Crippen molar-refractivity contribution in [3.8, 4) is 0 Å². The quantitative estimate of drug-likeness (QED) is 0.574. The first-order chi connectivity index (χ1) is 13.7. The second-order valence-corrected chi connectivity index (χ2v) is 6.20. The number of aliphatic hydroxyl groups is 1. The maximum absolute atomic E-state index is 12.3. The van der Waals surface area contributed by atoms with Crippen LogP contribution in [0.5, 0.6) is 0 Å². The van der Waals surface area contributed by atoms with E-state index in [1.807, 2.05) is 0 Å². The first kappa shape index (κ1) is 19.6. The van der Waals surface area contributed by atoms with Crippen LogP contribution in [-0.2, 0) is 16.1 Å². The molecule has 2 amide bonds. The topological polar surface area (TPSA) is 126 Å². The summed E-state index contributed by atoms with van der Waals surface area (Å²) in [5.41, 5.74) is 1.17. The summed E-state index contributed by atoms with van der Waals surface area (Å²) >= 11 is 0. The van der Waals surface area contributed by atoms with Crippen LogP contribution in [-0.4, -0.2) is 56.7 Å². The van der Waals surface area contributed by atoms with Gasteiger partial charge in [-0.3, -0.25) is 14.6 Å². The number of amides is 2. The van der Waals surface area contributed by atoms with E-state index in [1.54, 1.807) is 36.5 Å². The van der Waals surface area contributed by atoms with E-state index in [0.29, 0.717) is 17.8 Å². The van der Waals surface area contributed by atoms with E-state index in [-0.39, 0.29) is 24.8 Å². The highest BCUT2D eigenvalue weighted by molar-refractivity contribution is 5.94. The Balaban J connectivity index is 1.52. The van der Waals surface area contributed by atoms with E-state index < -0.39 is 18.2 Å². The van der Waals surface area contributed by atoms with Crippen molar-refractivity contribution >= 4 is 11.8 Å². The Hall–Kier alpha value is -3.17. The van der Waals surface area contributed by atoms with E-state index in [4.69, 9.17) is 4.74 Å². The molecule has 0 saturated carbocycles. The zero-order valence-electron chi connectivity index (χ0n) is 15.1. The number of ether oxygens (including phenoxy) is 1. The Kier molecular flexibility index (Phi) is 6.77. The highest BCUT2D eigenvalue weighted by Crippen LogP contribution is 2.16. The lowest BCUT2D eigenvalue weighted by Gasteiger charge is -2.31. The number of aromatic nitrogens is 3. The van der Waals surface area contributed by atoms with Crippen LogP contribution in [0.4, 0.5) is 0 Å². The van der Waals surface area contributed by atoms with Crippen molar-refractivity contribution in [1.82, 2.24) is 25.6 Å². The number of nitrogens with one attached hydrogen (secondary N) is 2. The summed E-state index contributed by atoms with van der Waals surface area (Å²) in [4.78, 5) is 36.1. The van der Waals surface area contributed by atoms with Crippen molar-refractivity contribution < 1.29 is 19.4 Å². The van der Waals surface area contributed by atoms with Gasteiger partial charge in [0, 0.05) is 24.2 Å². The fourth-order valence-electron chi connectivity index (χ4n) is 2.74. The zero-order valence-corrected chi connectivity index (χ0v) is 15.1. The largest absolute Gasteiger partial charge is 0.394 e. The molecule has 2 aromatic heterocycles. The van der Waals surface area contributed by atoms with Gasteiger partial charge in [-0.25, -0.2) is 9.97 Å². The minimum atomic E-state index is -0.643. The fourth-order valence-corrected chi connectivity index (χ4v) is 2.74. The van der Waals surface area contributed by atoms with Crippen LogP contribution in [0.3, 0.4) is 0 Å². The zero-order chi connectivity index (χ0) is 19.8. The third-order valence-corrected chi connectivity index (χ3v) is 4.20. The minimum absolute atomic E-state index is 0.100. The molecular weight excluding hydrogens is 362 g/mol. The molecule has 0 aromatic carbocycles. The number of hydrogen-bond acceptors (Lipinski definition) is 7. The van der Waals surface area contributed by atoms with Gasteiger partial charge in [-0.05, 0) is 18.2 Å². The van der Waals surface area contributed by atoms with Crippen molar-refractivity contribution in [1.29, 1.82) is 0 Å². The first-order valence-corrected chi connectivity index (χ1v) is 8.83. The summed E-state index contributed by atoms with van der Waals surface area (Å²) in [7, 11) is 0. The molecular formula is C19H21N5O4. The van der Waals surface area contributed by atoms with Gasteiger partial charge >= 0.3 is 0 Å². The molecule has 0 fully saturated rings. The minimum Gasteiger partial charge on any atom is -0.394 e. The summed E-state index contributed by atoms with van der Waals surface area (Å²) in [5, 5.41) is 15.2. The molecule has 146 valence electrons. The summed E-state index contributed by atoms with van der Waals surface area (Å²) in [6.45, 7) is 0.0104. The van der Waals surface area contributed by atoms with Gasteiger partial charge < -0.3 is 20.5 Å². The predicted molar refractivity (Wildman–Crippen MR) is 98.9 cm³/mol. The average Bonchev–Trinajstić information content (AvgIpc) is 2.74. The second kappa shape index (κ2) is 9.67. The van der Waals surface area contributed by atoms with E-state index >= 15 is 0 Å². The highest BCUT2D eigenvalue weighted by Gasteiger charge is 2.29. The van der Waals surface area contributed by atoms with Crippen LogP contribution in [0.2, 0.25) is 0 Å². The third kappa shape index (κ3) is 5.41. The number of nitrogens with zero attached hydrogens (tertiary/aromatic N) is 3. The third-order valence-electron chi connectivity index (χ3n) is 4.20.